The minimum atomic E-state index is -0.228. The van der Waals surface area contributed by atoms with E-state index in [0.29, 0.717) is 6.61 Å². The minimum Gasteiger partial charge on any atom is -0.374 e. The Bertz CT molecular complexity index is 246. The molecule has 102 valence electrons. The van der Waals surface area contributed by atoms with Crippen LogP contribution in [0.3, 0.4) is 0 Å². The molecule has 0 aromatic heterocycles. The van der Waals surface area contributed by atoms with Crippen molar-refractivity contribution in [3.63, 3.8) is 0 Å². The summed E-state index contributed by atoms with van der Waals surface area (Å²) in [6.07, 6.45) is 0. The summed E-state index contributed by atoms with van der Waals surface area (Å²) in [6.45, 7) is 16.5. The van der Waals surface area contributed by atoms with Crippen LogP contribution in [-0.4, -0.2) is 29.6 Å². The molecule has 0 saturated heterocycles. The molecule has 0 aliphatic rings. The number of ether oxygens (including phenoxy) is 1. The third-order valence-electron chi connectivity index (χ3n) is 2.20. The van der Waals surface area contributed by atoms with Crippen LogP contribution in [0.2, 0.25) is 0 Å². The standard InChI is InChI=1S/C14H29NO2/c1-10(2)12(16)11(15-13(3,4)5)9-17-14(6,7)8/h10-11,15H,9H2,1-8H3. The topological polar surface area (TPSA) is 38.3 Å². The molecule has 0 heterocycles. The first-order valence-corrected chi connectivity index (χ1v) is 6.38. The zero-order valence-corrected chi connectivity index (χ0v) is 12.7. The van der Waals surface area contributed by atoms with E-state index < -0.39 is 0 Å². The van der Waals surface area contributed by atoms with Gasteiger partial charge in [0.25, 0.3) is 0 Å². The second kappa shape index (κ2) is 5.96. The summed E-state index contributed by atoms with van der Waals surface area (Å²) in [5.41, 5.74) is -0.300. The van der Waals surface area contributed by atoms with E-state index in [1.807, 2.05) is 34.6 Å². The molecule has 0 saturated carbocycles. The van der Waals surface area contributed by atoms with Gasteiger partial charge in [0, 0.05) is 11.5 Å². The molecule has 0 aliphatic heterocycles. The molecule has 0 bridgehead atoms. The second-order valence-electron chi connectivity index (χ2n) is 6.93. The number of ketones is 1. The van der Waals surface area contributed by atoms with Crippen LogP contribution in [-0.2, 0) is 9.53 Å². The number of hydrogen-bond donors (Lipinski definition) is 1. The molecule has 1 N–H and O–H groups in total. The fourth-order valence-electron chi connectivity index (χ4n) is 1.45. The van der Waals surface area contributed by atoms with Crippen LogP contribution >= 0.6 is 0 Å². The van der Waals surface area contributed by atoms with E-state index >= 15 is 0 Å². The lowest BCUT2D eigenvalue weighted by atomic mass is 9.98. The van der Waals surface area contributed by atoms with Gasteiger partial charge in [-0.1, -0.05) is 13.8 Å². The molecule has 17 heavy (non-hydrogen) atoms. The molecule has 1 unspecified atom stereocenters. The molecule has 0 radical (unpaired) electrons. The lowest BCUT2D eigenvalue weighted by molar-refractivity contribution is -0.127. The summed E-state index contributed by atoms with van der Waals surface area (Å²) in [6, 6.07) is -0.228. The van der Waals surface area contributed by atoms with Crippen LogP contribution in [0.15, 0.2) is 0 Å². The zero-order chi connectivity index (χ0) is 13.9. The van der Waals surface area contributed by atoms with Gasteiger partial charge in [-0.3, -0.25) is 4.79 Å². The Balaban J connectivity index is 4.58. The van der Waals surface area contributed by atoms with Crippen molar-refractivity contribution >= 4 is 5.78 Å². The molecule has 0 rings (SSSR count). The quantitative estimate of drug-likeness (QED) is 0.807. The smallest absolute Gasteiger partial charge is 0.154 e. The van der Waals surface area contributed by atoms with E-state index in [2.05, 4.69) is 26.1 Å². The number of rotatable bonds is 5. The first-order valence-electron chi connectivity index (χ1n) is 6.38. The lowest BCUT2D eigenvalue weighted by Crippen LogP contribution is -2.52. The Morgan fingerprint density at radius 1 is 1.12 bits per heavy atom. The first-order chi connectivity index (χ1) is 7.42. The highest BCUT2D eigenvalue weighted by atomic mass is 16.5. The lowest BCUT2D eigenvalue weighted by Gasteiger charge is -2.31. The summed E-state index contributed by atoms with van der Waals surface area (Å²) in [4.78, 5) is 12.1. The highest BCUT2D eigenvalue weighted by molar-refractivity contribution is 5.85. The van der Waals surface area contributed by atoms with Gasteiger partial charge in [-0.05, 0) is 41.5 Å². The third kappa shape index (κ3) is 8.33. The van der Waals surface area contributed by atoms with Crippen molar-refractivity contribution in [1.29, 1.82) is 0 Å². The average molecular weight is 243 g/mol. The van der Waals surface area contributed by atoms with Crippen molar-refractivity contribution < 1.29 is 9.53 Å². The van der Waals surface area contributed by atoms with Gasteiger partial charge in [-0.25, -0.2) is 0 Å². The maximum atomic E-state index is 12.1. The van der Waals surface area contributed by atoms with Gasteiger partial charge < -0.3 is 10.1 Å². The van der Waals surface area contributed by atoms with Crippen molar-refractivity contribution in [2.24, 2.45) is 5.92 Å². The summed E-state index contributed by atoms with van der Waals surface area (Å²) in [5.74, 6) is 0.239. The number of hydrogen-bond acceptors (Lipinski definition) is 3. The molecule has 0 spiro atoms. The Labute approximate surface area is 106 Å². The fraction of sp³-hybridized carbons (Fsp3) is 0.929. The largest absolute Gasteiger partial charge is 0.374 e. The molecular formula is C14H29NO2. The van der Waals surface area contributed by atoms with Crippen LogP contribution < -0.4 is 5.32 Å². The number of carbonyl (C=O) groups excluding carboxylic acids is 1. The van der Waals surface area contributed by atoms with Gasteiger partial charge in [0.05, 0.1) is 18.2 Å². The van der Waals surface area contributed by atoms with E-state index in [4.69, 9.17) is 4.74 Å². The van der Waals surface area contributed by atoms with Gasteiger partial charge in [0.2, 0.25) is 0 Å². The zero-order valence-electron chi connectivity index (χ0n) is 12.7. The number of carbonyl (C=O) groups is 1. The second-order valence-corrected chi connectivity index (χ2v) is 6.93. The van der Waals surface area contributed by atoms with Gasteiger partial charge in [0.1, 0.15) is 0 Å². The van der Waals surface area contributed by atoms with Crippen molar-refractivity contribution in [1.82, 2.24) is 5.32 Å². The summed E-state index contributed by atoms with van der Waals surface area (Å²) >= 11 is 0. The van der Waals surface area contributed by atoms with Crippen LogP contribution in [0.25, 0.3) is 0 Å². The number of nitrogens with one attached hydrogen (secondary N) is 1. The van der Waals surface area contributed by atoms with E-state index in [-0.39, 0.29) is 28.9 Å². The maximum Gasteiger partial charge on any atom is 0.154 e. The van der Waals surface area contributed by atoms with Crippen molar-refractivity contribution in [3.05, 3.63) is 0 Å². The number of Topliss-reactive ketones (excluding diaryl/α,β-unsaturated/α-hetero) is 1. The normalized spacial score (nSPS) is 15.1. The SMILES string of the molecule is CC(C)C(=O)C(COC(C)(C)C)NC(C)(C)C. The molecule has 3 heteroatoms. The Kier molecular flexibility index (Phi) is 5.82. The van der Waals surface area contributed by atoms with Crippen LogP contribution in [0.1, 0.15) is 55.4 Å². The molecule has 3 nitrogen and oxygen atoms in total. The molecule has 1 atom stereocenters. The first kappa shape index (κ1) is 16.6. The van der Waals surface area contributed by atoms with Crippen LogP contribution in [0.4, 0.5) is 0 Å². The van der Waals surface area contributed by atoms with Gasteiger partial charge >= 0.3 is 0 Å². The van der Waals surface area contributed by atoms with E-state index in [0.717, 1.165) is 0 Å². The van der Waals surface area contributed by atoms with E-state index in [1.54, 1.807) is 0 Å². The molecular weight excluding hydrogens is 214 g/mol. The molecule has 0 amide bonds. The molecule has 0 aromatic carbocycles. The van der Waals surface area contributed by atoms with Gasteiger partial charge in [0.15, 0.2) is 5.78 Å². The maximum absolute atomic E-state index is 12.1. The Morgan fingerprint density at radius 2 is 1.59 bits per heavy atom. The molecule has 0 fully saturated rings. The predicted octanol–water partition coefficient (Wildman–Crippen LogP) is 2.78. The monoisotopic (exact) mass is 243 g/mol. The predicted molar refractivity (Wildman–Crippen MR) is 72.2 cm³/mol. The molecule has 0 aromatic rings. The highest BCUT2D eigenvalue weighted by Crippen LogP contribution is 2.12. The van der Waals surface area contributed by atoms with E-state index in [1.165, 1.54) is 0 Å². The van der Waals surface area contributed by atoms with Crippen molar-refractivity contribution in [3.8, 4) is 0 Å². The summed E-state index contributed by atoms with van der Waals surface area (Å²) in [7, 11) is 0. The van der Waals surface area contributed by atoms with Crippen LogP contribution in [0.5, 0.6) is 0 Å². The Morgan fingerprint density at radius 3 is 1.88 bits per heavy atom. The third-order valence-corrected chi connectivity index (χ3v) is 2.20. The minimum absolute atomic E-state index is 0.0263. The highest BCUT2D eigenvalue weighted by Gasteiger charge is 2.27. The Hall–Kier alpha value is -0.410. The van der Waals surface area contributed by atoms with Crippen molar-refractivity contribution in [2.75, 3.05) is 6.61 Å². The molecule has 0 aliphatic carbocycles. The summed E-state index contributed by atoms with van der Waals surface area (Å²) in [5, 5.41) is 3.34. The van der Waals surface area contributed by atoms with Gasteiger partial charge in [-0.15, -0.1) is 0 Å². The summed E-state index contributed by atoms with van der Waals surface area (Å²) < 4.78 is 5.73. The van der Waals surface area contributed by atoms with Crippen molar-refractivity contribution in [2.45, 2.75) is 72.6 Å². The van der Waals surface area contributed by atoms with Crippen LogP contribution in [0, 0.1) is 5.92 Å². The van der Waals surface area contributed by atoms with Gasteiger partial charge in [-0.2, -0.15) is 0 Å². The fourth-order valence-corrected chi connectivity index (χ4v) is 1.45. The average Bonchev–Trinajstić information content (AvgIpc) is 2.07. The van der Waals surface area contributed by atoms with E-state index in [9.17, 15) is 4.79 Å².